The third-order valence-corrected chi connectivity index (χ3v) is 4.39. The van der Waals surface area contributed by atoms with Gasteiger partial charge in [-0.3, -0.25) is 4.79 Å². The molecule has 1 amide bonds. The number of benzene rings is 1. The quantitative estimate of drug-likeness (QED) is 0.915. The summed E-state index contributed by atoms with van der Waals surface area (Å²) in [6.45, 7) is 5.72. The standard InChI is InChI=1S/C18H22FN3O/c1-12-10-17(18(23)21-15-4-3-9-20-11-15)13(2)22(12)16-7-5-14(19)6-8-16/h5-8,10,15,20H,3-4,9,11H2,1-2H3,(H,21,23)/t15-/m0/s1. The number of halogens is 1. The van der Waals surface area contributed by atoms with Crippen LogP contribution in [0, 0.1) is 19.7 Å². The molecule has 1 aromatic heterocycles. The lowest BCUT2D eigenvalue weighted by molar-refractivity contribution is 0.0930. The van der Waals surface area contributed by atoms with Gasteiger partial charge in [-0.15, -0.1) is 0 Å². The molecule has 1 aliphatic rings. The molecule has 0 unspecified atom stereocenters. The minimum Gasteiger partial charge on any atom is -0.348 e. The average Bonchev–Trinajstić information content (AvgIpc) is 2.84. The summed E-state index contributed by atoms with van der Waals surface area (Å²) in [4.78, 5) is 12.6. The highest BCUT2D eigenvalue weighted by atomic mass is 19.1. The number of nitrogens with zero attached hydrogens (tertiary/aromatic N) is 1. The first-order valence-electron chi connectivity index (χ1n) is 8.02. The minimum absolute atomic E-state index is 0.0415. The van der Waals surface area contributed by atoms with Crippen molar-refractivity contribution in [3.63, 3.8) is 0 Å². The average molecular weight is 315 g/mol. The van der Waals surface area contributed by atoms with Crippen LogP contribution in [0.5, 0.6) is 0 Å². The molecule has 23 heavy (non-hydrogen) atoms. The van der Waals surface area contributed by atoms with Gasteiger partial charge in [-0.25, -0.2) is 4.39 Å². The molecule has 2 N–H and O–H groups in total. The fourth-order valence-electron chi connectivity index (χ4n) is 3.22. The number of carbonyl (C=O) groups excluding carboxylic acids is 1. The summed E-state index contributed by atoms with van der Waals surface area (Å²) >= 11 is 0. The lowest BCUT2D eigenvalue weighted by Crippen LogP contribution is -2.45. The maximum Gasteiger partial charge on any atom is 0.253 e. The monoisotopic (exact) mass is 315 g/mol. The first-order chi connectivity index (χ1) is 11.1. The van der Waals surface area contributed by atoms with Crippen molar-refractivity contribution in [1.29, 1.82) is 0 Å². The number of rotatable bonds is 3. The molecular weight excluding hydrogens is 293 g/mol. The number of nitrogens with one attached hydrogen (secondary N) is 2. The molecule has 1 fully saturated rings. The Morgan fingerprint density at radius 1 is 1.30 bits per heavy atom. The molecule has 1 aromatic carbocycles. The number of piperidine rings is 1. The zero-order chi connectivity index (χ0) is 16.4. The Hall–Kier alpha value is -2.14. The first kappa shape index (κ1) is 15.7. The molecule has 0 aliphatic carbocycles. The number of hydrogen-bond acceptors (Lipinski definition) is 2. The van der Waals surface area contributed by atoms with Crippen LogP contribution in [-0.2, 0) is 0 Å². The SMILES string of the molecule is Cc1cc(C(=O)N[C@H]2CCCNC2)c(C)n1-c1ccc(F)cc1. The maximum atomic E-state index is 13.1. The van der Waals surface area contributed by atoms with Gasteiger partial charge in [-0.1, -0.05) is 0 Å². The Morgan fingerprint density at radius 2 is 2.04 bits per heavy atom. The van der Waals surface area contributed by atoms with Gasteiger partial charge in [0.25, 0.3) is 5.91 Å². The molecule has 0 spiro atoms. The van der Waals surface area contributed by atoms with E-state index < -0.39 is 0 Å². The van der Waals surface area contributed by atoms with E-state index in [4.69, 9.17) is 0 Å². The summed E-state index contributed by atoms with van der Waals surface area (Å²) in [7, 11) is 0. The molecule has 1 saturated heterocycles. The maximum absolute atomic E-state index is 13.1. The highest BCUT2D eigenvalue weighted by Crippen LogP contribution is 2.21. The van der Waals surface area contributed by atoms with Crippen LogP contribution in [0.2, 0.25) is 0 Å². The minimum atomic E-state index is -0.265. The van der Waals surface area contributed by atoms with E-state index in [1.165, 1.54) is 12.1 Å². The van der Waals surface area contributed by atoms with Gasteiger partial charge in [0, 0.05) is 29.7 Å². The summed E-state index contributed by atoms with van der Waals surface area (Å²) in [5.41, 5.74) is 3.37. The molecular formula is C18H22FN3O. The Morgan fingerprint density at radius 3 is 2.70 bits per heavy atom. The third kappa shape index (κ3) is 3.29. The highest BCUT2D eigenvalue weighted by Gasteiger charge is 2.20. The van der Waals surface area contributed by atoms with Crippen molar-refractivity contribution in [2.75, 3.05) is 13.1 Å². The lowest BCUT2D eigenvalue weighted by Gasteiger charge is -2.23. The van der Waals surface area contributed by atoms with Crippen molar-refractivity contribution in [3.8, 4) is 5.69 Å². The van der Waals surface area contributed by atoms with E-state index in [9.17, 15) is 9.18 Å². The van der Waals surface area contributed by atoms with Gasteiger partial charge >= 0.3 is 0 Å². The predicted octanol–water partition coefficient (Wildman–Crippen LogP) is 2.72. The van der Waals surface area contributed by atoms with Crippen LogP contribution in [0.3, 0.4) is 0 Å². The van der Waals surface area contributed by atoms with Crippen LogP contribution in [0.4, 0.5) is 4.39 Å². The largest absolute Gasteiger partial charge is 0.348 e. The van der Waals surface area contributed by atoms with Crippen molar-refractivity contribution < 1.29 is 9.18 Å². The summed E-state index contributed by atoms with van der Waals surface area (Å²) < 4.78 is 15.1. The Labute approximate surface area is 135 Å². The van der Waals surface area contributed by atoms with Gasteiger partial charge in [-0.2, -0.15) is 0 Å². The van der Waals surface area contributed by atoms with Gasteiger partial charge in [0.2, 0.25) is 0 Å². The number of carbonyl (C=O) groups is 1. The van der Waals surface area contributed by atoms with Crippen molar-refractivity contribution in [3.05, 3.63) is 53.1 Å². The van der Waals surface area contributed by atoms with E-state index in [-0.39, 0.29) is 17.8 Å². The van der Waals surface area contributed by atoms with Crippen molar-refractivity contribution in [2.45, 2.75) is 32.7 Å². The van der Waals surface area contributed by atoms with Gasteiger partial charge < -0.3 is 15.2 Å². The molecule has 1 aliphatic heterocycles. The van der Waals surface area contributed by atoms with E-state index in [0.29, 0.717) is 5.56 Å². The van der Waals surface area contributed by atoms with Gasteiger partial charge in [0.15, 0.2) is 0 Å². The molecule has 0 bridgehead atoms. The highest BCUT2D eigenvalue weighted by molar-refractivity contribution is 5.96. The number of aryl methyl sites for hydroxylation is 1. The number of amides is 1. The van der Waals surface area contributed by atoms with Crippen LogP contribution in [0.1, 0.15) is 34.6 Å². The van der Waals surface area contributed by atoms with E-state index in [1.807, 2.05) is 24.5 Å². The second kappa shape index (κ2) is 6.54. The summed E-state index contributed by atoms with van der Waals surface area (Å²) in [5, 5.41) is 6.40. The second-order valence-electron chi connectivity index (χ2n) is 6.11. The Balaban J connectivity index is 1.85. The molecule has 2 aromatic rings. The molecule has 0 saturated carbocycles. The molecule has 2 heterocycles. The molecule has 4 nitrogen and oxygen atoms in total. The van der Waals surface area contributed by atoms with Crippen LogP contribution in [-0.4, -0.2) is 29.6 Å². The van der Waals surface area contributed by atoms with E-state index in [0.717, 1.165) is 43.0 Å². The topological polar surface area (TPSA) is 46.1 Å². The van der Waals surface area contributed by atoms with Crippen LogP contribution in [0.15, 0.2) is 30.3 Å². The smallest absolute Gasteiger partial charge is 0.253 e. The van der Waals surface area contributed by atoms with Crippen molar-refractivity contribution in [1.82, 2.24) is 15.2 Å². The summed E-state index contributed by atoms with van der Waals surface area (Å²) in [5.74, 6) is -0.306. The molecule has 5 heteroatoms. The zero-order valence-electron chi connectivity index (χ0n) is 13.5. The summed E-state index contributed by atoms with van der Waals surface area (Å²) in [6.07, 6.45) is 2.09. The third-order valence-electron chi connectivity index (χ3n) is 4.39. The fraction of sp³-hybridized carbons (Fsp3) is 0.389. The molecule has 122 valence electrons. The van der Waals surface area contributed by atoms with Gasteiger partial charge in [0.1, 0.15) is 5.82 Å². The first-order valence-corrected chi connectivity index (χ1v) is 8.02. The molecule has 0 radical (unpaired) electrons. The molecule has 3 rings (SSSR count). The predicted molar refractivity (Wildman–Crippen MR) is 88.6 cm³/mol. The van der Waals surface area contributed by atoms with Crippen LogP contribution >= 0.6 is 0 Å². The number of aromatic nitrogens is 1. The van der Waals surface area contributed by atoms with Crippen molar-refractivity contribution >= 4 is 5.91 Å². The number of hydrogen-bond donors (Lipinski definition) is 2. The zero-order valence-corrected chi connectivity index (χ0v) is 13.5. The van der Waals surface area contributed by atoms with E-state index in [2.05, 4.69) is 10.6 Å². The summed E-state index contributed by atoms with van der Waals surface area (Å²) in [6, 6.07) is 8.39. The van der Waals surface area contributed by atoms with Gasteiger partial charge in [0.05, 0.1) is 5.56 Å². The normalized spacial score (nSPS) is 18.0. The van der Waals surface area contributed by atoms with E-state index in [1.54, 1.807) is 12.1 Å². The van der Waals surface area contributed by atoms with Crippen LogP contribution in [0.25, 0.3) is 5.69 Å². The van der Waals surface area contributed by atoms with Crippen LogP contribution < -0.4 is 10.6 Å². The Kier molecular flexibility index (Phi) is 4.48. The lowest BCUT2D eigenvalue weighted by atomic mass is 10.1. The Bertz CT molecular complexity index is 700. The van der Waals surface area contributed by atoms with E-state index >= 15 is 0 Å². The molecule has 1 atom stereocenters. The van der Waals surface area contributed by atoms with Crippen molar-refractivity contribution in [2.24, 2.45) is 0 Å². The second-order valence-corrected chi connectivity index (χ2v) is 6.11. The van der Waals surface area contributed by atoms with Gasteiger partial charge in [-0.05, 0) is 63.6 Å². The fourth-order valence-corrected chi connectivity index (χ4v) is 3.22.